The van der Waals surface area contributed by atoms with Crippen molar-refractivity contribution in [3.8, 4) is 0 Å². The highest BCUT2D eigenvalue weighted by Crippen LogP contribution is 2.23. The Hall–Kier alpha value is -0.795. The van der Waals surface area contributed by atoms with Crippen molar-refractivity contribution in [2.24, 2.45) is 5.92 Å². The predicted octanol–water partition coefficient (Wildman–Crippen LogP) is 2.25. The van der Waals surface area contributed by atoms with Crippen molar-refractivity contribution in [1.82, 2.24) is 4.81 Å². The maximum Gasteiger partial charge on any atom is 0.399 e. The van der Waals surface area contributed by atoms with Gasteiger partial charge in [-0.25, -0.2) is 0 Å². The third-order valence-corrected chi connectivity index (χ3v) is 2.55. The maximum atomic E-state index is 5.65. The van der Waals surface area contributed by atoms with E-state index < -0.39 is 0 Å². The van der Waals surface area contributed by atoms with Crippen LogP contribution in [0.3, 0.4) is 0 Å². The van der Waals surface area contributed by atoms with Gasteiger partial charge in [0.25, 0.3) is 0 Å². The smallest absolute Gasteiger partial charge is 0.399 e. The van der Waals surface area contributed by atoms with Crippen molar-refractivity contribution in [2.45, 2.75) is 20.0 Å². The summed E-state index contributed by atoms with van der Waals surface area (Å²) in [6.45, 7) is 6.50. The van der Waals surface area contributed by atoms with Crippen LogP contribution < -0.4 is 0 Å². The van der Waals surface area contributed by atoms with Crippen LogP contribution in [0.4, 0.5) is 0 Å². The van der Waals surface area contributed by atoms with Crippen LogP contribution in [0.15, 0.2) is 30.3 Å². The number of benzene rings is 1. The first-order valence-corrected chi connectivity index (χ1v) is 5.53. The molecule has 1 saturated heterocycles. The van der Waals surface area contributed by atoms with Crippen LogP contribution in [0.25, 0.3) is 0 Å². The highest BCUT2D eigenvalue weighted by molar-refractivity contribution is 6.24. The van der Waals surface area contributed by atoms with Gasteiger partial charge in [0.05, 0.1) is 6.10 Å². The lowest BCUT2D eigenvalue weighted by Crippen LogP contribution is -2.27. The molecular formula is C12H17BNO. The van der Waals surface area contributed by atoms with E-state index in [0.29, 0.717) is 5.92 Å². The molecule has 0 N–H and O–H groups in total. The van der Waals surface area contributed by atoms with Gasteiger partial charge in [0, 0.05) is 6.54 Å². The Balaban J connectivity index is 1.93. The Morgan fingerprint density at radius 3 is 2.80 bits per heavy atom. The van der Waals surface area contributed by atoms with E-state index in [1.807, 2.05) is 13.7 Å². The summed E-state index contributed by atoms with van der Waals surface area (Å²) in [6, 6.07) is 10.4. The summed E-state index contributed by atoms with van der Waals surface area (Å²) >= 11 is 0. The van der Waals surface area contributed by atoms with Crippen LogP contribution in [-0.2, 0) is 4.65 Å². The van der Waals surface area contributed by atoms with Gasteiger partial charge in [0.1, 0.15) is 0 Å². The lowest BCUT2D eigenvalue weighted by atomic mass is 10.1. The fraction of sp³-hybridized carbons (Fsp3) is 0.500. The summed E-state index contributed by atoms with van der Waals surface area (Å²) in [5.41, 5.74) is 1.26. The van der Waals surface area contributed by atoms with Gasteiger partial charge >= 0.3 is 7.62 Å². The SMILES string of the molecule is CC(C)CN1[B]OC(c2ccccc2)C1. The highest BCUT2D eigenvalue weighted by atomic mass is 16.5. The third-order valence-electron chi connectivity index (χ3n) is 2.55. The molecule has 15 heavy (non-hydrogen) atoms. The zero-order valence-electron chi connectivity index (χ0n) is 9.39. The molecule has 1 atom stereocenters. The van der Waals surface area contributed by atoms with E-state index >= 15 is 0 Å². The van der Waals surface area contributed by atoms with Gasteiger partial charge in [0.15, 0.2) is 0 Å². The monoisotopic (exact) mass is 202 g/mol. The van der Waals surface area contributed by atoms with E-state index in [9.17, 15) is 0 Å². The molecule has 2 nitrogen and oxygen atoms in total. The molecule has 1 fully saturated rings. The number of hydrogen-bond acceptors (Lipinski definition) is 2. The second-order valence-electron chi connectivity index (χ2n) is 4.49. The van der Waals surface area contributed by atoms with Gasteiger partial charge in [0.2, 0.25) is 0 Å². The van der Waals surface area contributed by atoms with Gasteiger partial charge < -0.3 is 9.47 Å². The Labute approximate surface area is 92.5 Å². The zero-order valence-corrected chi connectivity index (χ0v) is 9.39. The zero-order chi connectivity index (χ0) is 10.7. The Morgan fingerprint density at radius 1 is 1.40 bits per heavy atom. The first kappa shape index (κ1) is 10.7. The predicted molar refractivity (Wildman–Crippen MR) is 62.4 cm³/mol. The average Bonchev–Trinajstić information content (AvgIpc) is 2.67. The quantitative estimate of drug-likeness (QED) is 0.697. The Bertz CT molecular complexity index is 302. The molecule has 79 valence electrons. The van der Waals surface area contributed by atoms with Crippen LogP contribution in [0, 0.1) is 5.92 Å². The first-order valence-electron chi connectivity index (χ1n) is 5.53. The van der Waals surface area contributed by atoms with Gasteiger partial charge in [-0.1, -0.05) is 44.2 Å². The van der Waals surface area contributed by atoms with E-state index in [-0.39, 0.29) is 6.10 Å². The molecule has 0 amide bonds. The minimum atomic E-state index is 0.213. The molecule has 0 spiro atoms. The first-order chi connectivity index (χ1) is 7.25. The van der Waals surface area contributed by atoms with Crippen molar-refractivity contribution < 1.29 is 4.65 Å². The second kappa shape index (κ2) is 4.82. The molecule has 1 aromatic carbocycles. The minimum absolute atomic E-state index is 0.213. The van der Waals surface area contributed by atoms with Crippen LogP contribution >= 0.6 is 0 Å². The van der Waals surface area contributed by atoms with Crippen molar-refractivity contribution in [2.75, 3.05) is 13.1 Å². The van der Waals surface area contributed by atoms with Crippen LogP contribution in [0.5, 0.6) is 0 Å². The largest absolute Gasteiger partial charge is 0.416 e. The molecule has 0 aromatic heterocycles. The van der Waals surface area contributed by atoms with Gasteiger partial charge in [-0.15, -0.1) is 0 Å². The number of nitrogens with zero attached hydrogens (tertiary/aromatic N) is 1. The molecular weight excluding hydrogens is 185 g/mol. The highest BCUT2D eigenvalue weighted by Gasteiger charge is 2.26. The third kappa shape index (κ3) is 2.83. The molecule has 3 heteroatoms. The van der Waals surface area contributed by atoms with Gasteiger partial charge in [-0.05, 0) is 18.0 Å². The molecule has 1 unspecified atom stereocenters. The fourth-order valence-corrected chi connectivity index (χ4v) is 1.90. The molecule has 0 aliphatic carbocycles. The summed E-state index contributed by atoms with van der Waals surface area (Å²) in [5, 5.41) is 0. The molecule has 1 radical (unpaired) electrons. The Kier molecular flexibility index (Phi) is 3.44. The molecule has 0 saturated carbocycles. The standard InChI is InChI=1S/C12H17BNO/c1-10(2)8-14-9-12(15-13-14)11-6-4-3-5-7-11/h3-7,10,12H,8-9H2,1-2H3. The normalized spacial score (nSPS) is 21.9. The van der Waals surface area contributed by atoms with Crippen molar-refractivity contribution in [3.63, 3.8) is 0 Å². The van der Waals surface area contributed by atoms with Gasteiger partial charge in [-0.3, -0.25) is 0 Å². The molecule has 1 heterocycles. The van der Waals surface area contributed by atoms with Crippen molar-refractivity contribution >= 4 is 7.62 Å². The van der Waals surface area contributed by atoms with Crippen LogP contribution in [0.1, 0.15) is 25.5 Å². The van der Waals surface area contributed by atoms with Crippen molar-refractivity contribution in [1.29, 1.82) is 0 Å². The molecule has 1 aromatic rings. The average molecular weight is 202 g/mol. The maximum absolute atomic E-state index is 5.65. The van der Waals surface area contributed by atoms with Crippen LogP contribution in [0.2, 0.25) is 0 Å². The fourth-order valence-electron chi connectivity index (χ4n) is 1.90. The summed E-state index contributed by atoms with van der Waals surface area (Å²) < 4.78 is 5.65. The van der Waals surface area contributed by atoms with E-state index in [1.54, 1.807) is 0 Å². The van der Waals surface area contributed by atoms with E-state index in [0.717, 1.165) is 13.1 Å². The van der Waals surface area contributed by atoms with Gasteiger partial charge in [-0.2, -0.15) is 0 Å². The number of rotatable bonds is 3. The van der Waals surface area contributed by atoms with E-state index in [1.165, 1.54) is 5.56 Å². The lowest BCUT2D eigenvalue weighted by Gasteiger charge is -2.16. The topological polar surface area (TPSA) is 12.5 Å². The minimum Gasteiger partial charge on any atom is -0.416 e. The second-order valence-corrected chi connectivity index (χ2v) is 4.49. The Morgan fingerprint density at radius 2 is 2.13 bits per heavy atom. The van der Waals surface area contributed by atoms with E-state index in [2.05, 4.69) is 42.9 Å². The van der Waals surface area contributed by atoms with Crippen LogP contribution in [-0.4, -0.2) is 25.5 Å². The number of hydrogen-bond donors (Lipinski definition) is 0. The molecule has 2 rings (SSSR count). The molecule has 1 aliphatic heterocycles. The van der Waals surface area contributed by atoms with Crippen molar-refractivity contribution in [3.05, 3.63) is 35.9 Å². The molecule has 1 aliphatic rings. The lowest BCUT2D eigenvalue weighted by molar-refractivity contribution is 0.252. The summed E-state index contributed by atoms with van der Waals surface area (Å²) in [6.07, 6.45) is 0.213. The molecule has 0 bridgehead atoms. The summed E-state index contributed by atoms with van der Waals surface area (Å²) in [5.74, 6) is 0.680. The summed E-state index contributed by atoms with van der Waals surface area (Å²) in [7, 11) is 1.87. The van der Waals surface area contributed by atoms with E-state index in [4.69, 9.17) is 4.65 Å². The summed E-state index contributed by atoms with van der Waals surface area (Å²) in [4.78, 5) is 2.25.